The van der Waals surface area contributed by atoms with E-state index in [1.54, 1.807) is 64.3 Å². The Labute approximate surface area is 230 Å². The molecule has 0 unspecified atom stereocenters. The highest BCUT2D eigenvalue weighted by molar-refractivity contribution is 6.22. The maximum Gasteiger partial charge on any atom is 0.271 e. The predicted molar refractivity (Wildman–Crippen MR) is 149 cm³/mol. The van der Waals surface area contributed by atoms with Crippen LogP contribution in [0.5, 0.6) is 0 Å². The lowest BCUT2D eigenvalue weighted by Gasteiger charge is -2.45. The smallest absolute Gasteiger partial charge is 0.271 e. The number of nitrogens with zero attached hydrogens (tertiary/aromatic N) is 5. The number of rotatable bonds is 4. The number of carbonyl (C=O) groups is 2. The zero-order chi connectivity index (χ0) is 28.2. The van der Waals surface area contributed by atoms with Gasteiger partial charge in [-0.2, -0.15) is 5.26 Å². The number of para-hydroxylation sites is 1. The Morgan fingerprint density at radius 1 is 1.07 bits per heavy atom. The molecule has 40 heavy (non-hydrogen) atoms. The molecular formula is C31H23N5O4. The van der Waals surface area contributed by atoms with Gasteiger partial charge in [-0.05, 0) is 43.5 Å². The van der Waals surface area contributed by atoms with E-state index in [-0.39, 0.29) is 35.6 Å². The van der Waals surface area contributed by atoms with E-state index in [2.05, 4.69) is 12.0 Å². The van der Waals surface area contributed by atoms with Gasteiger partial charge in [0, 0.05) is 53.5 Å². The quantitative estimate of drug-likeness (QED) is 0.272. The van der Waals surface area contributed by atoms with Gasteiger partial charge in [0.15, 0.2) is 5.78 Å². The number of non-ortho nitro benzene ring substituents is 1. The van der Waals surface area contributed by atoms with E-state index < -0.39 is 16.2 Å². The highest BCUT2D eigenvalue weighted by atomic mass is 16.6. The van der Waals surface area contributed by atoms with E-state index in [1.807, 2.05) is 6.92 Å². The molecule has 0 saturated heterocycles. The number of nitro benzene ring substituents is 1. The van der Waals surface area contributed by atoms with Gasteiger partial charge < -0.3 is 4.57 Å². The third kappa shape index (κ3) is 3.21. The van der Waals surface area contributed by atoms with Crippen LogP contribution >= 0.6 is 0 Å². The monoisotopic (exact) mass is 529 g/mol. The summed E-state index contributed by atoms with van der Waals surface area (Å²) in [5.41, 5.74) is 1.24. The van der Waals surface area contributed by atoms with E-state index in [0.717, 1.165) is 0 Å². The second-order valence-corrected chi connectivity index (χ2v) is 9.93. The molecule has 0 fully saturated rings. The molecule has 0 N–H and O–H groups in total. The first-order valence-corrected chi connectivity index (χ1v) is 12.8. The third-order valence-electron chi connectivity index (χ3n) is 7.86. The lowest BCUT2D eigenvalue weighted by Crippen LogP contribution is -2.51. The van der Waals surface area contributed by atoms with Gasteiger partial charge in [0.25, 0.3) is 5.69 Å². The molecule has 0 bridgehead atoms. The molecule has 1 aliphatic carbocycles. The number of aryl methyl sites for hydroxylation is 1. The topological polar surface area (TPSA) is 112 Å². The minimum atomic E-state index is -1.71. The average molecular weight is 530 g/mol. The maximum absolute atomic E-state index is 14.6. The largest absolute Gasteiger partial charge is 0.309 e. The Bertz CT molecular complexity index is 1770. The van der Waals surface area contributed by atoms with Crippen LogP contribution in [0.3, 0.4) is 0 Å². The molecule has 0 saturated carbocycles. The molecule has 6 rings (SSSR count). The van der Waals surface area contributed by atoms with E-state index >= 15 is 0 Å². The molecule has 2 aromatic carbocycles. The van der Waals surface area contributed by atoms with Crippen molar-refractivity contribution in [2.24, 2.45) is 0 Å². The lowest BCUT2D eigenvalue weighted by atomic mass is 9.63. The number of ketones is 1. The van der Waals surface area contributed by atoms with Crippen molar-refractivity contribution in [1.82, 2.24) is 4.57 Å². The molecule has 2 aliphatic heterocycles. The van der Waals surface area contributed by atoms with E-state index in [4.69, 9.17) is 6.42 Å². The first-order chi connectivity index (χ1) is 19.4. The Morgan fingerprint density at radius 3 is 2.52 bits per heavy atom. The van der Waals surface area contributed by atoms with E-state index in [1.165, 1.54) is 17.0 Å². The molecule has 9 heteroatoms. The molecule has 1 amide bonds. The molecule has 1 spiro atoms. The molecule has 1 atom stereocenters. The number of Topliss-reactive ketones (excluding diaryl/α,β-unsaturated/α-hetero) is 1. The summed E-state index contributed by atoms with van der Waals surface area (Å²) in [5.74, 6) is 2.20. The number of nitriles is 1. The lowest BCUT2D eigenvalue weighted by molar-refractivity contribution is -0.384. The maximum atomic E-state index is 14.6. The van der Waals surface area contributed by atoms with Crippen molar-refractivity contribution in [3.05, 3.63) is 105 Å². The minimum Gasteiger partial charge on any atom is -0.309 e. The summed E-state index contributed by atoms with van der Waals surface area (Å²) in [6.07, 6.45) is 10.3. The van der Waals surface area contributed by atoms with Crippen molar-refractivity contribution in [2.75, 3.05) is 16.3 Å². The molecule has 3 aliphatic rings. The van der Waals surface area contributed by atoms with Crippen LogP contribution in [-0.4, -0.2) is 27.7 Å². The van der Waals surface area contributed by atoms with Crippen molar-refractivity contribution in [3.8, 4) is 18.4 Å². The molecule has 196 valence electrons. The number of carbonyl (C=O) groups excluding carboxylic acids is 2. The number of nitro groups is 1. The average Bonchev–Trinajstić information content (AvgIpc) is 3.56. The molecular weight excluding hydrogens is 506 g/mol. The summed E-state index contributed by atoms with van der Waals surface area (Å²) < 4.78 is 1.72. The van der Waals surface area contributed by atoms with Crippen LogP contribution in [0.25, 0.3) is 5.82 Å². The number of amides is 1. The Balaban J connectivity index is 1.79. The zero-order valence-corrected chi connectivity index (χ0v) is 21.6. The predicted octanol–water partition coefficient (Wildman–Crippen LogP) is 4.84. The standard InChI is InChI=1S/C31H23N5O4/c1-3-15-34-24-10-5-4-9-22(24)31(30(34)38)23(19-32)29(33-16-6-7-17-33)35(25-11-8-12-27(37)28(25)31)26-18-21(36(39)40)14-13-20(26)2/h1,4-7,9-10,13-14,16-18H,8,11-12,15H2,2H3/t31-/m1/s1. The second kappa shape index (κ2) is 9.11. The number of fused-ring (bicyclic) bond motifs is 3. The molecule has 9 nitrogen and oxygen atoms in total. The van der Waals surface area contributed by atoms with E-state index in [0.29, 0.717) is 46.9 Å². The van der Waals surface area contributed by atoms with Gasteiger partial charge in [0.1, 0.15) is 17.3 Å². The molecule has 1 aromatic heterocycles. The van der Waals surface area contributed by atoms with Gasteiger partial charge in [-0.1, -0.05) is 30.2 Å². The number of allylic oxidation sites excluding steroid dienone is 1. The highest BCUT2D eigenvalue weighted by Crippen LogP contribution is 2.58. The van der Waals surface area contributed by atoms with Gasteiger partial charge in [0.05, 0.1) is 22.7 Å². The number of benzene rings is 2. The fourth-order valence-electron chi connectivity index (χ4n) is 6.26. The summed E-state index contributed by atoms with van der Waals surface area (Å²) in [5, 5.41) is 22.7. The van der Waals surface area contributed by atoms with Crippen LogP contribution in [0.4, 0.5) is 17.1 Å². The zero-order valence-electron chi connectivity index (χ0n) is 21.6. The van der Waals surface area contributed by atoms with Gasteiger partial charge in [0.2, 0.25) is 5.91 Å². The van der Waals surface area contributed by atoms with Crippen LogP contribution in [-0.2, 0) is 15.0 Å². The Morgan fingerprint density at radius 2 is 1.82 bits per heavy atom. The third-order valence-corrected chi connectivity index (χ3v) is 7.86. The van der Waals surface area contributed by atoms with Crippen LogP contribution in [0.15, 0.2) is 83.8 Å². The first-order valence-electron chi connectivity index (χ1n) is 12.8. The summed E-state index contributed by atoms with van der Waals surface area (Å²) >= 11 is 0. The van der Waals surface area contributed by atoms with Gasteiger partial charge in [-0.15, -0.1) is 6.42 Å². The minimum absolute atomic E-state index is 0.0281. The van der Waals surface area contributed by atoms with E-state index in [9.17, 15) is 25.0 Å². The van der Waals surface area contributed by atoms with Gasteiger partial charge in [-0.25, -0.2) is 0 Å². The van der Waals surface area contributed by atoms with Crippen LogP contribution in [0.1, 0.15) is 30.4 Å². The highest BCUT2D eigenvalue weighted by Gasteiger charge is 2.62. The number of aromatic nitrogens is 1. The van der Waals surface area contributed by atoms with Gasteiger partial charge in [-0.3, -0.25) is 29.5 Å². The normalized spacial score (nSPS) is 20.0. The molecule has 3 heterocycles. The molecule has 3 aromatic rings. The van der Waals surface area contributed by atoms with Crippen LogP contribution in [0.2, 0.25) is 0 Å². The fraction of sp³-hybridized carbons (Fsp3) is 0.194. The fourth-order valence-corrected chi connectivity index (χ4v) is 6.26. The first kappa shape index (κ1) is 24.9. The number of terminal acetylenes is 1. The van der Waals surface area contributed by atoms with Crippen LogP contribution in [0, 0.1) is 40.7 Å². The Hall–Kier alpha value is -5.41. The Kier molecular flexibility index (Phi) is 5.67. The summed E-state index contributed by atoms with van der Waals surface area (Å²) in [4.78, 5) is 43.1. The van der Waals surface area contributed by atoms with Crippen molar-refractivity contribution in [1.29, 1.82) is 5.26 Å². The second-order valence-electron chi connectivity index (χ2n) is 9.93. The van der Waals surface area contributed by atoms with Crippen molar-refractivity contribution in [2.45, 2.75) is 31.6 Å². The van der Waals surface area contributed by atoms with Gasteiger partial charge >= 0.3 is 0 Å². The molecule has 0 radical (unpaired) electrons. The number of hydrogen-bond donors (Lipinski definition) is 0. The van der Waals surface area contributed by atoms with Crippen molar-refractivity contribution >= 4 is 34.6 Å². The number of anilines is 2. The van der Waals surface area contributed by atoms with Crippen molar-refractivity contribution in [3.63, 3.8) is 0 Å². The number of hydrogen-bond acceptors (Lipinski definition) is 6. The van der Waals surface area contributed by atoms with Crippen LogP contribution < -0.4 is 9.80 Å². The summed E-state index contributed by atoms with van der Waals surface area (Å²) in [6, 6.07) is 17.5. The summed E-state index contributed by atoms with van der Waals surface area (Å²) in [6.45, 7) is 1.79. The van der Waals surface area contributed by atoms with Crippen molar-refractivity contribution < 1.29 is 14.5 Å². The SMILES string of the molecule is C#CCN1C(=O)[C@@]2(C(C#N)=C(n3cccc3)N(c3cc([N+](=O)[O-])ccc3C)C3=C2C(=O)CCC3)c2ccccc21. The summed E-state index contributed by atoms with van der Waals surface area (Å²) in [7, 11) is 0.